The third-order valence-corrected chi connectivity index (χ3v) is 4.86. The second-order valence-electron chi connectivity index (χ2n) is 7.07. The minimum atomic E-state index is -1.87. The molecule has 11 heteroatoms. The minimum absolute atomic E-state index is 0.0183. The number of ketones is 1. The van der Waals surface area contributed by atoms with Crippen molar-refractivity contribution in [1.29, 1.82) is 0 Å². The summed E-state index contributed by atoms with van der Waals surface area (Å²) in [5.41, 5.74) is -0.0673. The number of hydrogen-bond donors (Lipinski definition) is 8. The average Bonchev–Trinajstić information content (AvgIpc) is 2.76. The summed E-state index contributed by atoms with van der Waals surface area (Å²) in [6, 6.07) is 6.51. The third-order valence-electron chi connectivity index (χ3n) is 4.86. The van der Waals surface area contributed by atoms with Crippen molar-refractivity contribution in [3.05, 3.63) is 47.5 Å². The molecule has 172 valence electrons. The zero-order valence-corrected chi connectivity index (χ0v) is 16.4. The molecule has 11 nitrogen and oxygen atoms in total. The highest BCUT2D eigenvalue weighted by molar-refractivity contribution is 6.11. The Morgan fingerprint density at radius 3 is 2.25 bits per heavy atom. The predicted molar refractivity (Wildman–Crippen MR) is 107 cm³/mol. The van der Waals surface area contributed by atoms with Crippen LogP contribution in [0.2, 0.25) is 0 Å². The molecule has 8 N–H and O–H groups in total. The van der Waals surface area contributed by atoms with E-state index in [-0.39, 0.29) is 5.75 Å². The van der Waals surface area contributed by atoms with E-state index in [1.165, 1.54) is 30.3 Å². The van der Waals surface area contributed by atoms with E-state index in [9.17, 15) is 45.6 Å². The fraction of sp³-hybridized carbons (Fsp3) is 0.286. The van der Waals surface area contributed by atoms with Crippen molar-refractivity contribution in [2.45, 2.75) is 30.7 Å². The fourth-order valence-corrected chi connectivity index (χ4v) is 3.10. The van der Waals surface area contributed by atoms with E-state index in [0.717, 1.165) is 6.08 Å². The molecule has 1 heterocycles. The normalized spacial score (nSPS) is 25.7. The van der Waals surface area contributed by atoms with Gasteiger partial charge in [0.1, 0.15) is 41.5 Å². The number of hydrogen-bond acceptors (Lipinski definition) is 11. The van der Waals surface area contributed by atoms with Gasteiger partial charge in [-0.25, -0.2) is 0 Å². The van der Waals surface area contributed by atoms with Crippen molar-refractivity contribution in [2.24, 2.45) is 0 Å². The molecule has 0 unspecified atom stereocenters. The van der Waals surface area contributed by atoms with Crippen molar-refractivity contribution in [3.63, 3.8) is 0 Å². The van der Waals surface area contributed by atoms with E-state index >= 15 is 0 Å². The standard InChI is InChI=1S/C21H22O11/c22-8-14-17(28)18(29)19(30)21(31-14)32-20-15(12(25)7-13(26)16(20)27)11(24)6-3-9-1-4-10(23)5-2-9/h1-7,14,17-19,21-23,25-30H,8H2/t14-,17-,18+,19-,21+/m1/s1. The number of ether oxygens (including phenoxy) is 2. The first-order valence-electron chi connectivity index (χ1n) is 9.40. The van der Waals surface area contributed by atoms with Crippen molar-refractivity contribution in [1.82, 2.24) is 0 Å². The van der Waals surface area contributed by atoms with Crippen molar-refractivity contribution in [3.8, 4) is 28.7 Å². The van der Waals surface area contributed by atoms with Gasteiger partial charge < -0.3 is 50.3 Å². The van der Waals surface area contributed by atoms with Crippen LogP contribution in [0.5, 0.6) is 28.7 Å². The molecule has 1 saturated heterocycles. The van der Waals surface area contributed by atoms with Gasteiger partial charge in [0.15, 0.2) is 17.3 Å². The molecule has 0 bridgehead atoms. The molecule has 3 rings (SSSR count). The first-order valence-corrected chi connectivity index (χ1v) is 9.40. The molecular weight excluding hydrogens is 428 g/mol. The number of aromatic hydroxyl groups is 4. The molecule has 0 radical (unpaired) electrons. The van der Waals surface area contributed by atoms with Crippen LogP contribution in [0.4, 0.5) is 0 Å². The minimum Gasteiger partial charge on any atom is -0.508 e. The molecule has 0 aliphatic carbocycles. The maximum absolute atomic E-state index is 12.7. The van der Waals surface area contributed by atoms with E-state index in [0.29, 0.717) is 11.6 Å². The Hall–Kier alpha value is -3.35. The van der Waals surface area contributed by atoms with Gasteiger partial charge in [-0.15, -0.1) is 0 Å². The molecule has 1 aliphatic heterocycles. The summed E-state index contributed by atoms with van der Waals surface area (Å²) in [7, 11) is 0. The van der Waals surface area contributed by atoms with Crippen LogP contribution in [0.3, 0.4) is 0 Å². The van der Waals surface area contributed by atoms with Gasteiger partial charge in [0.2, 0.25) is 12.0 Å². The molecule has 32 heavy (non-hydrogen) atoms. The van der Waals surface area contributed by atoms with Gasteiger partial charge in [0, 0.05) is 6.07 Å². The summed E-state index contributed by atoms with van der Waals surface area (Å²) in [5.74, 6) is -4.18. The third kappa shape index (κ3) is 4.61. The van der Waals surface area contributed by atoms with Gasteiger partial charge in [0.25, 0.3) is 0 Å². The van der Waals surface area contributed by atoms with Gasteiger partial charge in [-0.05, 0) is 23.8 Å². The quantitative estimate of drug-likeness (QED) is 0.123. The Kier molecular flexibility index (Phi) is 6.87. The van der Waals surface area contributed by atoms with E-state index in [4.69, 9.17) is 9.47 Å². The highest BCUT2D eigenvalue weighted by Crippen LogP contribution is 2.45. The molecule has 0 aromatic heterocycles. The maximum Gasteiger partial charge on any atom is 0.229 e. The van der Waals surface area contributed by atoms with Crippen LogP contribution in [0, 0.1) is 0 Å². The second-order valence-corrected chi connectivity index (χ2v) is 7.07. The number of aliphatic hydroxyl groups is 4. The maximum atomic E-state index is 12.7. The van der Waals surface area contributed by atoms with Crippen LogP contribution in [0.1, 0.15) is 15.9 Å². The number of benzene rings is 2. The number of aliphatic hydroxyl groups excluding tert-OH is 4. The highest BCUT2D eigenvalue weighted by atomic mass is 16.7. The van der Waals surface area contributed by atoms with E-state index in [2.05, 4.69) is 0 Å². The zero-order chi connectivity index (χ0) is 23.6. The van der Waals surface area contributed by atoms with Crippen LogP contribution in [0.15, 0.2) is 36.4 Å². The van der Waals surface area contributed by atoms with Gasteiger partial charge >= 0.3 is 0 Å². The SMILES string of the molecule is O=C(C=Cc1ccc(O)cc1)c1c(O)cc(O)c(O)c1O[C@@H]1O[C@H](CO)[C@@H](O)[C@H](O)[C@H]1O. The van der Waals surface area contributed by atoms with E-state index < -0.39 is 71.7 Å². The summed E-state index contributed by atoms with van der Waals surface area (Å²) in [6.07, 6.45) is -6.08. The van der Waals surface area contributed by atoms with Gasteiger partial charge in [-0.3, -0.25) is 4.79 Å². The summed E-state index contributed by atoms with van der Waals surface area (Å²) < 4.78 is 10.5. The topological polar surface area (TPSA) is 197 Å². The van der Waals surface area contributed by atoms with E-state index in [1.807, 2.05) is 0 Å². The van der Waals surface area contributed by atoms with Crippen LogP contribution in [-0.4, -0.2) is 83.9 Å². The lowest BCUT2D eigenvalue weighted by molar-refractivity contribution is -0.277. The predicted octanol–water partition coefficient (Wildman–Crippen LogP) is -0.416. The van der Waals surface area contributed by atoms with Gasteiger partial charge in [-0.1, -0.05) is 18.2 Å². The summed E-state index contributed by atoms with van der Waals surface area (Å²) >= 11 is 0. The molecule has 0 amide bonds. The van der Waals surface area contributed by atoms with Crippen molar-refractivity contribution in [2.75, 3.05) is 6.61 Å². The number of allylic oxidation sites excluding steroid dienone is 1. The fourth-order valence-electron chi connectivity index (χ4n) is 3.10. The molecule has 1 aliphatic rings. The van der Waals surface area contributed by atoms with E-state index in [1.54, 1.807) is 0 Å². The van der Waals surface area contributed by atoms with Crippen LogP contribution in [-0.2, 0) is 4.74 Å². The average molecular weight is 450 g/mol. The lowest BCUT2D eigenvalue weighted by atomic mass is 9.99. The number of phenols is 4. The molecule has 5 atom stereocenters. The summed E-state index contributed by atoms with van der Waals surface area (Å²) in [5, 5.41) is 78.8. The lowest BCUT2D eigenvalue weighted by Crippen LogP contribution is -2.60. The van der Waals surface area contributed by atoms with Crippen molar-refractivity contribution >= 4 is 11.9 Å². The Morgan fingerprint density at radius 2 is 1.62 bits per heavy atom. The Balaban J connectivity index is 1.95. The Bertz CT molecular complexity index is 1000. The number of phenolic OH excluding ortho intramolecular Hbond substituents is 4. The number of carbonyl (C=O) groups is 1. The summed E-state index contributed by atoms with van der Waals surface area (Å²) in [6.45, 7) is -0.747. The molecule has 0 spiro atoms. The highest BCUT2D eigenvalue weighted by Gasteiger charge is 2.45. The Labute approximate surface area is 181 Å². The van der Waals surface area contributed by atoms with Crippen LogP contribution < -0.4 is 4.74 Å². The molecule has 0 saturated carbocycles. The zero-order valence-electron chi connectivity index (χ0n) is 16.4. The Morgan fingerprint density at radius 1 is 0.969 bits per heavy atom. The van der Waals surface area contributed by atoms with Crippen LogP contribution in [0.25, 0.3) is 6.08 Å². The first kappa shape index (κ1) is 23.3. The largest absolute Gasteiger partial charge is 0.508 e. The molecule has 2 aromatic rings. The molecule has 2 aromatic carbocycles. The van der Waals surface area contributed by atoms with Crippen LogP contribution >= 0.6 is 0 Å². The monoisotopic (exact) mass is 450 g/mol. The summed E-state index contributed by atoms with van der Waals surface area (Å²) in [4.78, 5) is 12.7. The van der Waals surface area contributed by atoms with Crippen molar-refractivity contribution < 1.29 is 55.1 Å². The number of carbonyl (C=O) groups excluding carboxylic acids is 1. The number of rotatable bonds is 6. The molecular formula is C21H22O11. The van der Waals surface area contributed by atoms with Gasteiger partial charge in [0.05, 0.1) is 6.61 Å². The molecule has 1 fully saturated rings. The smallest absolute Gasteiger partial charge is 0.229 e. The second kappa shape index (κ2) is 9.42. The lowest BCUT2D eigenvalue weighted by Gasteiger charge is -2.39. The van der Waals surface area contributed by atoms with Gasteiger partial charge in [-0.2, -0.15) is 0 Å². The first-order chi connectivity index (χ1) is 15.1.